The van der Waals surface area contributed by atoms with Crippen LogP contribution in [0.15, 0.2) is 72.5 Å². The highest BCUT2D eigenvalue weighted by Crippen LogP contribution is 2.38. The molecule has 0 bridgehead atoms. The number of rotatable bonds is 6. The number of ether oxygens (including phenoxy) is 1. The van der Waals surface area contributed by atoms with Crippen LogP contribution in [0.25, 0.3) is 0 Å². The van der Waals surface area contributed by atoms with E-state index in [0.717, 1.165) is 5.56 Å². The highest BCUT2D eigenvalue weighted by molar-refractivity contribution is 6.30. The minimum absolute atomic E-state index is 0.0296. The molecule has 0 aromatic heterocycles. The Morgan fingerprint density at radius 1 is 1.31 bits per heavy atom. The van der Waals surface area contributed by atoms with E-state index in [1.54, 1.807) is 43.3 Å². The van der Waals surface area contributed by atoms with Crippen LogP contribution in [0.4, 0.5) is 4.39 Å². The number of amides is 1. The Kier molecular flexibility index (Phi) is 6.49. The van der Waals surface area contributed by atoms with Crippen molar-refractivity contribution in [3.8, 4) is 0 Å². The number of halogens is 2. The Balaban J connectivity index is 2.04. The highest BCUT2D eigenvalue weighted by Gasteiger charge is 2.37. The Bertz CT molecular complexity index is 986. The molecule has 0 spiro atoms. The lowest BCUT2D eigenvalue weighted by atomic mass is 9.83. The van der Waals surface area contributed by atoms with Crippen molar-refractivity contribution in [1.29, 1.82) is 0 Å². The van der Waals surface area contributed by atoms with E-state index < -0.39 is 17.7 Å². The van der Waals surface area contributed by atoms with Gasteiger partial charge in [-0.15, -0.1) is 0 Å². The second-order valence-electron chi connectivity index (χ2n) is 6.77. The van der Waals surface area contributed by atoms with Crippen molar-refractivity contribution in [3.63, 3.8) is 0 Å². The predicted molar refractivity (Wildman–Crippen MR) is 110 cm³/mol. The van der Waals surface area contributed by atoms with Gasteiger partial charge in [-0.3, -0.25) is 4.79 Å². The lowest BCUT2D eigenvalue weighted by Gasteiger charge is -2.34. The largest absolute Gasteiger partial charge is 0.458 e. The molecule has 6 heteroatoms. The summed E-state index contributed by atoms with van der Waals surface area (Å²) in [5.74, 6) is -1.96. The third kappa shape index (κ3) is 4.57. The zero-order chi connectivity index (χ0) is 21.0. The Labute approximate surface area is 174 Å². The van der Waals surface area contributed by atoms with E-state index in [1.165, 1.54) is 17.0 Å². The number of carbonyl (C=O) groups is 2. The fraction of sp³-hybridized carbons (Fsp3) is 0.217. The average molecular weight is 414 g/mol. The predicted octanol–water partition coefficient (Wildman–Crippen LogP) is 5.00. The number of carbonyl (C=O) groups excluding carboxylic acids is 2. The molecule has 1 aliphatic rings. The van der Waals surface area contributed by atoms with Gasteiger partial charge in [0.1, 0.15) is 12.4 Å². The smallest absolute Gasteiger partial charge is 0.336 e. The molecule has 1 atom stereocenters. The van der Waals surface area contributed by atoms with E-state index in [2.05, 4.69) is 6.58 Å². The molecule has 0 fully saturated rings. The summed E-state index contributed by atoms with van der Waals surface area (Å²) in [5.41, 5.74) is 1.85. The van der Waals surface area contributed by atoms with Crippen molar-refractivity contribution in [3.05, 3.63) is 94.4 Å². The molecule has 1 heterocycles. The van der Waals surface area contributed by atoms with Gasteiger partial charge in [-0.2, -0.15) is 0 Å². The zero-order valence-corrected chi connectivity index (χ0v) is 16.8. The quantitative estimate of drug-likeness (QED) is 0.494. The number of nitrogens with zero attached hydrogens (tertiary/aromatic N) is 1. The topological polar surface area (TPSA) is 46.6 Å². The van der Waals surface area contributed by atoms with Gasteiger partial charge in [-0.25, -0.2) is 9.18 Å². The molecule has 1 aliphatic heterocycles. The molecular formula is C23H21ClFNO3. The van der Waals surface area contributed by atoms with E-state index >= 15 is 0 Å². The minimum Gasteiger partial charge on any atom is -0.458 e. The Morgan fingerprint density at radius 2 is 2.07 bits per heavy atom. The monoisotopic (exact) mass is 413 g/mol. The second kappa shape index (κ2) is 9.05. The van der Waals surface area contributed by atoms with Gasteiger partial charge >= 0.3 is 5.97 Å². The molecule has 1 amide bonds. The van der Waals surface area contributed by atoms with E-state index in [4.69, 9.17) is 16.3 Å². The maximum Gasteiger partial charge on any atom is 0.336 e. The molecule has 4 nitrogen and oxygen atoms in total. The van der Waals surface area contributed by atoms with Crippen LogP contribution in [0, 0.1) is 5.82 Å². The summed E-state index contributed by atoms with van der Waals surface area (Å²) in [6, 6.07) is 13.3. The maximum absolute atomic E-state index is 14.5. The van der Waals surface area contributed by atoms with Gasteiger partial charge in [0.2, 0.25) is 5.91 Å². The van der Waals surface area contributed by atoms with Gasteiger partial charge in [0.25, 0.3) is 0 Å². The van der Waals surface area contributed by atoms with Gasteiger partial charge < -0.3 is 9.64 Å². The first-order chi connectivity index (χ1) is 13.9. The third-order valence-electron chi connectivity index (χ3n) is 4.89. The number of esters is 1. The SMILES string of the molecule is C=CCOC(=O)C1=C(C)N(Cc2cccc(Cl)c2)C(=O)C[C@@H]1c1ccccc1F. The molecule has 0 aliphatic carbocycles. The minimum atomic E-state index is -0.711. The van der Waals surface area contributed by atoms with Gasteiger partial charge in [0.05, 0.1) is 12.1 Å². The Hall–Kier alpha value is -2.92. The maximum atomic E-state index is 14.5. The first-order valence-electron chi connectivity index (χ1n) is 9.20. The number of hydrogen-bond donors (Lipinski definition) is 0. The van der Waals surface area contributed by atoms with Crippen LogP contribution >= 0.6 is 11.6 Å². The molecule has 0 saturated heterocycles. The molecule has 0 radical (unpaired) electrons. The number of allylic oxidation sites excluding steroid dienone is 1. The summed E-state index contributed by atoms with van der Waals surface area (Å²) >= 11 is 6.05. The van der Waals surface area contributed by atoms with E-state index in [9.17, 15) is 14.0 Å². The molecular weight excluding hydrogens is 393 g/mol. The number of hydrogen-bond acceptors (Lipinski definition) is 3. The van der Waals surface area contributed by atoms with Crippen LogP contribution in [0.2, 0.25) is 5.02 Å². The fourth-order valence-electron chi connectivity index (χ4n) is 3.52. The Morgan fingerprint density at radius 3 is 2.76 bits per heavy atom. The van der Waals surface area contributed by atoms with Crippen LogP contribution in [-0.4, -0.2) is 23.4 Å². The normalized spacial score (nSPS) is 16.7. The van der Waals surface area contributed by atoms with Gasteiger partial charge in [-0.1, -0.05) is 54.6 Å². The molecule has 2 aromatic carbocycles. The zero-order valence-electron chi connectivity index (χ0n) is 16.0. The van der Waals surface area contributed by atoms with Crippen molar-refractivity contribution >= 4 is 23.5 Å². The summed E-state index contributed by atoms with van der Waals surface area (Å²) in [4.78, 5) is 27.3. The summed E-state index contributed by atoms with van der Waals surface area (Å²) < 4.78 is 19.7. The first-order valence-corrected chi connectivity index (χ1v) is 9.58. The van der Waals surface area contributed by atoms with Crippen LogP contribution in [0.3, 0.4) is 0 Å². The lowest BCUT2D eigenvalue weighted by Crippen LogP contribution is -2.38. The van der Waals surface area contributed by atoms with Crippen LogP contribution < -0.4 is 0 Å². The van der Waals surface area contributed by atoms with Crippen LogP contribution in [-0.2, 0) is 20.9 Å². The molecule has 2 aromatic rings. The van der Waals surface area contributed by atoms with Crippen LogP contribution in [0.1, 0.15) is 30.4 Å². The van der Waals surface area contributed by atoms with E-state index in [0.29, 0.717) is 16.3 Å². The molecule has 29 heavy (non-hydrogen) atoms. The van der Waals surface area contributed by atoms with Crippen LogP contribution in [0.5, 0.6) is 0 Å². The molecule has 0 saturated carbocycles. The molecule has 3 rings (SSSR count). The summed E-state index contributed by atoms with van der Waals surface area (Å²) in [5, 5.41) is 0.559. The third-order valence-corrected chi connectivity index (χ3v) is 5.12. The lowest BCUT2D eigenvalue weighted by molar-refractivity contribution is -0.139. The molecule has 0 N–H and O–H groups in total. The number of benzene rings is 2. The van der Waals surface area contributed by atoms with Gasteiger partial charge in [-0.05, 0) is 36.2 Å². The molecule has 0 unspecified atom stereocenters. The first kappa shape index (κ1) is 20.8. The van der Waals surface area contributed by atoms with Crippen molar-refractivity contribution < 1.29 is 18.7 Å². The van der Waals surface area contributed by atoms with E-state index in [-0.39, 0.29) is 31.1 Å². The van der Waals surface area contributed by atoms with Crippen molar-refractivity contribution in [2.45, 2.75) is 25.8 Å². The highest BCUT2D eigenvalue weighted by atomic mass is 35.5. The second-order valence-corrected chi connectivity index (χ2v) is 7.21. The van der Waals surface area contributed by atoms with Gasteiger partial charge in [0.15, 0.2) is 0 Å². The summed E-state index contributed by atoms with van der Waals surface area (Å²) in [6.07, 6.45) is 1.43. The van der Waals surface area contributed by atoms with Crippen molar-refractivity contribution in [2.24, 2.45) is 0 Å². The van der Waals surface area contributed by atoms with Crippen molar-refractivity contribution in [1.82, 2.24) is 4.90 Å². The van der Waals surface area contributed by atoms with E-state index in [1.807, 2.05) is 6.07 Å². The average Bonchev–Trinajstić information content (AvgIpc) is 2.69. The fourth-order valence-corrected chi connectivity index (χ4v) is 3.73. The summed E-state index contributed by atoms with van der Waals surface area (Å²) in [6.45, 7) is 5.52. The molecule has 150 valence electrons. The standard InChI is InChI=1S/C23H21ClFNO3/c1-3-11-29-23(28)22-15(2)26(14-16-7-6-8-17(24)12-16)21(27)13-19(22)18-9-4-5-10-20(18)25/h3-10,12,19H,1,11,13-14H2,2H3/t19-/m1/s1. The van der Waals surface area contributed by atoms with Crippen molar-refractivity contribution in [2.75, 3.05) is 6.61 Å². The summed E-state index contributed by atoms with van der Waals surface area (Å²) in [7, 11) is 0. The van der Waals surface area contributed by atoms with Gasteiger partial charge in [0, 0.05) is 23.1 Å².